The van der Waals surface area contributed by atoms with Crippen molar-refractivity contribution in [3.05, 3.63) is 53.4 Å². The first-order valence-corrected chi connectivity index (χ1v) is 6.33. The highest BCUT2D eigenvalue weighted by molar-refractivity contribution is 7.03. The van der Waals surface area contributed by atoms with Gasteiger partial charge in [-0.2, -0.15) is 4.37 Å². The van der Waals surface area contributed by atoms with Gasteiger partial charge in [0.25, 0.3) is 0 Å². The number of amides is 1. The predicted molar refractivity (Wildman–Crippen MR) is 73.6 cm³/mol. The van der Waals surface area contributed by atoms with Crippen molar-refractivity contribution in [1.82, 2.24) is 4.37 Å². The highest BCUT2D eigenvalue weighted by atomic mass is 32.1. The summed E-state index contributed by atoms with van der Waals surface area (Å²) < 4.78 is 4.34. The lowest BCUT2D eigenvalue weighted by molar-refractivity contribution is 0.100. The summed E-state index contributed by atoms with van der Waals surface area (Å²) in [7, 11) is 0. The van der Waals surface area contributed by atoms with Crippen LogP contribution in [0.5, 0.6) is 0 Å². The second kappa shape index (κ2) is 4.23. The molecule has 0 saturated heterocycles. The number of fused-ring (bicyclic) bond motifs is 1. The van der Waals surface area contributed by atoms with Gasteiger partial charge < -0.3 is 5.73 Å². The fourth-order valence-corrected chi connectivity index (χ4v) is 2.54. The van der Waals surface area contributed by atoms with Gasteiger partial charge in [-0.1, -0.05) is 24.3 Å². The number of nitrogens with two attached hydrogens (primary N) is 1. The third-order valence-electron chi connectivity index (χ3n) is 2.88. The van der Waals surface area contributed by atoms with Gasteiger partial charge in [0.15, 0.2) is 0 Å². The molecule has 0 aliphatic carbocycles. The van der Waals surface area contributed by atoms with E-state index in [1.165, 1.54) is 11.5 Å². The minimum Gasteiger partial charge on any atom is -0.366 e. The van der Waals surface area contributed by atoms with Crippen LogP contribution in [0.25, 0.3) is 22.0 Å². The van der Waals surface area contributed by atoms with E-state index in [9.17, 15) is 4.79 Å². The smallest absolute Gasteiger partial charge is 0.248 e. The largest absolute Gasteiger partial charge is 0.366 e. The van der Waals surface area contributed by atoms with Gasteiger partial charge in [0, 0.05) is 16.5 Å². The molecule has 3 nitrogen and oxygen atoms in total. The Kier molecular flexibility index (Phi) is 2.57. The highest BCUT2D eigenvalue weighted by Gasteiger charge is 2.07. The lowest BCUT2D eigenvalue weighted by Crippen LogP contribution is -2.10. The molecule has 88 valence electrons. The zero-order valence-electron chi connectivity index (χ0n) is 9.46. The van der Waals surface area contributed by atoms with Gasteiger partial charge in [-0.15, -0.1) is 0 Å². The number of carbonyl (C=O) groups excluding carboxylic acids is 1. The van der Waals surface area contributed by atoms with Crippen molar-refractivity contribution in [3.63, 3.8) is 0 Å². The van der Waals surface area contributed by atoms with Crippen molar-refractivity contribution < 1.29 is 4.79 Å². The fraction of sp³-hybridized carbons (Fsp3) is 0. The van der Waals surface area contributed by atoms with Gasteiger partial charge in [0.1, 0.15) is 0 Å². The van der Waals surface area contributed by atoms with Crippen molar-refractivity contribution in [2.45, 2.75) is 0 Å². The standard InChI is InChI=1S/C14H10N2OS/c15-14(17)10-4-5-11-9(8-10)2-1-3-12(11)13-6-7-18-16-13/h1-8H,(H2,15,17). The van der Waals surface area contributed by atoms with E-state index >= 15 is 0 Å². The van der Waals surface area contributed by atoms with E-state index in [4.69, 9.17) is 5.73 Å². The van der Waals surface area contributed by atoms with Crippen LogP contribution in [-0.4, -0.2) is 10.3 Å². The molecule has 1 heterocycles. The van der Waals surface area contributed by atoms with Crippen molar-refractivity contribution in [1.29, 1.82) is 0 Å². The third kappa shape index (κ3) is 1.76. The number of hydrogen-bond donors (Lipinski definition) is 1. The summed E-state index contributed by atoms with van der Waals surface area (Å²) in [4.78, 5) is 11.2. The summed E-state index contributed by atoms with van der Waals surface area (Å²) in [5.41, 5.74) is 7.84. The molecule has 0 atom stereocenters. The molecule has 4 heteroatoms. The van der Waals surface area contributed by atoms with Crippen LogP contribution in [-0.2, 0) is 0 Å². The van der Waals surface area contributed by atoms with Crippen LogP contribution >= 0.6 is 11.5 Å². The van der Waals surface area contributed by atoms with Crippen LogP contribution in [0.1, 0.15) is 10.4 Å². The second-order valence-electron chi connectivity index (χ2n) is 3.99. The number of primary amides is 1. The Morgan fingerprint density at radius 2 is 2.06 bits per heavy atom. The average molecular weight is 254 g/mol. The molecule has 0 bridgehead atoms. The van der Waals surface area contributed by atoms with E-state index < -0.39 is 5.91 Å². The minimum atomic E-state index is -0.407. The summed E-state index contributed by atoms with van der Waals surface area (Å²) in [6, 6.07) is 13.4. The molecule has 0 aliphatic rings. The molecular weight excluding hydrogens is 244 g/mol. The Hall–Kier alpha value is -2.20. The number of benzene rings is 2. The fourth-order valence-electron chi connectivity index (χ4n) is 2.01. The number of carbonyl (C=O) groups is 1. The molecule has 2 N–H and O–H groups in total. The summed E-state index contributed by atoms with van der Waals surface area (Å²) in [5.74, 6) is -0.407. The van der Waals surface area contributed by atoms with Crippen molar-refractivity contribution in [3.8, 4) is 11.3 Å². The van der Waals surface area contributed by atoms with Crippen LogP contribution in [0.4, 0.5) is 0 Å². The third-order valence-corrected chi connectivity index (χ3v) is 3.44. The Morgan fingerprint density at radius 1 is 1.17 bits per heavy atom. The van der Waals surface area contributed by atoms with Crippen LogP contribution in [0.15, 0.2) is 47.8 Å². The molecule has 18 heavy (non-hydrogen) atoms. The molecule has 0 radical (unpaired) electrons. The lowest BCUT2D eigenvalue weighted by atomic mass is 10.00. The predicted octanol–water partition coefficient (Wildman–Crippen LogP) is 3.06. The maximum Gasteiger partial charge on any atom is 0.248 e. The molecule has 0 saturated carbocycles. The topological polar surface area (TPSA) is 56.0 Å². The number of hydrogen-bond acceptors (Lipinski definition) is 3. The summed E-state index contributed by atoms with van der Waals surface area (Å²) in [6.07, 6.45) is 0. The summed E-state index contributed by atoms with van der Waals surface area (Å²) in [5, 5.41) is 4.02. The Morgan fingerprint density at radius 3 is 2.78 bits per heavy atom. The van der Waals surface area contributed by atoms with E-state index in [1.807, 2.05) is 41.8 Å². The lowest BCUT2D eigenvalue weighted by Gasteiger charge is -2.05. The molecule has 3 aromatic rings. The van der Waals surface area contributed by atoms with E-state index in [1.54, 1.807) is 6.07 Å². The van der Waals surface area contributed by atoms with Crippen molar-refractivity contribution >= 4 is 28.2 Å². The summed E-state index contributed by atoms with van der Waals surface area (Å²) >= 11 is 1.43. The Balaban J connectivity index is 2.26. The van der Waals surface area contributed by atoms with Gasteiger partial charge in [-0.05, 0) is 40.5 Å². The van der Waals surface area contributed by atoms with E-state index in [0.717, 1.165) is 22.0 Å². The average Bonchev–Trinajstić information content (AvgIpc) is 2.91. The van der Waals surface area contributed by atoms with E-state index in [2.05, 4.69) is 4.37 Å². The quantitative estimate of drug-likeness (QED) is 0.764. The molecule has 0 unspecified atom stereocenters. The maximum atomic E-state index is 11.2. The van der Waals surface area contributed by atoms with E-state index in [0.29, 0.717) is 5.56 Å². The first kappa shape index (κ1) is 10.9. The molecule has 3 rings (SSSR count). The first-order valence-electron chi connectivity index (χ1n) is 5.49. The molecule has 0 fully saturated rings. The minimum absolute atomic E-state index is 0.407. The molecule has 0 aliphatic heterocycles. The normalized spacial score (nSPS) is 10.7. The van der Waals surface area contributed by atoms with Crippen molar-refractivity contribution in [2.75, 3.05) is 0 Å². The monoisotopic (exact) mass is 254 g/mol. The highest BCUT2D eigenvalue weighted by Crippen LogP contribution is 2.28. The Labute approximate surface area is 108 Å². The first-order chi connectivity index (χ1) is 8.75. The molecule has 2 aromatic carbocycles. The van der Waals surface area contributed by atoms with Gasteiger partial charge in [0.2, 0.25) is 5.91 Å². The molecule has 1 aromatic heterocycles. The van der Waals surface area contributed by atoms with Crippen molar-refractivity contribution in [2.24, 2.45) is 5.73 Å². The molecule has 1 amide bonds. The van der Waals surface area contributed by atoms with E-state index in [-0.39, 0.29) is 0 Å². The zero-order chi connectivity index (χ0) is 12.5. The number of nitrogens with zero attached hydrogens (tertiary/aromatic N) is 1. The summed E-state index contributed by atoms with van der Waals surface area (Å²) in [6.45, 7) is 0. The number of aromatic nitrogens is 1. The second-order valence-corrected chi connectivity index (χ2v) is 4.66. The van der Waals surface area contributed by atoms with Crippen LogP contribution in [0, 0.1) is 0 Å². The molecule has 0 spiro atoms. The maximum absolute atomic E-state index is 11.2. The van der Waals surface area contributed by atoms with Gasteiger partial charge in [-0.3, -0.25) is 4.79 Å². The number of rotatable bonds is 2. The molecular formula is C14H10N2OS. The van der Waals surface area contributed by atoms with Crippen LogP contribution in [0.3, 0.4) is 0 Å². The zero-order valence-corrected chi connectivity index (χ0v) is 10.3. The van der Waals surface area contributed by atoms with Gasteiger partial charge in [-0.25, -0.2) is 0 Å². The van der Waals surface area contributed by atoms with Crippen LogP contribution < -0.4 is 5.73 Å². The van der Waals surface area contributed by atoms with Crippen LogP contribution in [0.2, 0.25) is 0 Å². The Bertz CT molecular complexity index is 720. The SMILES string of the molecule is NC(=O)c1ccc2c(-c3ccsn3)cccc2c1. The van der Waals surface area contributed by atoms with Gasteiger partial charge in [0.05, 0.1) is 5.69 Å². The van der Waals surface area contributed by atoms with Gasteiger partial charge >= 0.3 is 0 Å².